The number of hydrogen-bond donors (Lipinski definition) is 2. The van der Waals surface area contributed by atoms with Crippen LogP contribution in [0.15, 0.2) is 96.4 Å². The lowest BCUT2D eigenvalue weighted by atomic mass is 10.1. The Morgan fingerprint density at radius 2 is 1.79 bits per heavy atom. The fourth-order valence-corrected chi connectivity index (χ4v) is 5.48. The lowest BCUT2D eigenvalue weighted by molar-refractivity contribution is 0.407. The maximum absolute atomic E-state index is 13.8. The number of aromatic nitrogens is 8. The first-order valence-corrected chi connectivity index (χ1v) is 13.9. The number of rotatable bonds is 8. The number of methoxy groups -OCH3 is 1. The van der Waals surface area contributed by atoms with E-state index in [-0.39, 0.29) is 5.56 Å². The van der Waals surface area contributed by atoms with E-state index in [1.165, 1.54) is 6.33 Å². The number of benzene rings is 2. The molecule has 0 aliphatic rings. The van der Waals surface area contributed by atoms with Crippen molar-refractivity contribution < 1.29 is 4.74 Å². The number of fused-ring (bicyclic) bond motifs is 2. The van der Waals surface area contributed by atoms with Gasteiger partial charge in [-0.2, -0.15) is 10.2 Å². The molecule has 43 heavy (non-hydrogen) atoms. The molecule has 214 valence electrons. The van der Waals surface area contributed by atoms with Crippen LogP contribution in [0, 0.1) is 6.92 Å². The molecule has 5 aromatic heterocycles. The number of nitrogens with one attached hydrogen (secondary N) is 2. The number of anilines is 1. The van der Waals surface area contributed by atoms with E-state index in [2.05, 4.69) is 20.3 Å². The standard InChI is InChI=1S/C32H29N9O2/c1-20-13-16-40-28(20)32(42)41(23-10-5-4-6-11-23)31(38-40)21(2)36-30-27-24(17-33-29(27)34-19-35-30)25-14-15-39(37-25)18-22-9-7-8-12-26(22)43-3/h4-17,19,21H,18H2,1-3H3,(H2,33,34,35,36). The van der Waals surface area contributed by atoms with Crippen molar-refractivity contribution in [2.75, 3.05) is 12.4 Å². The number of hydrogen-bond acceptors (Lipinski definition) is 7. The molecule has 11 heteroatoms. The van der Waals surface area contributed by atoms with Crippen LogP contribution in [-0.2, 0) is 6.54 Å². The third-order valence-corrected chi connectivity index (χ3v) is 7.58. The van der Waals surface area contributed by atoms with Crippen molar-refractivity contribution in [1.82, 2.24) is 38.9 Å². The summed E-state index contributed by atoms with van der Waals surface area (Å²) in [6.45, 7) is 4.44. The molecule has 2 aromatic carbocycles. The van der Waals surface area contributed by atoms with Gasteiger partial charge in [0, 0.05) is 29.7 Å². The van der Waals surface area contributed by atoms with E-state index < -0.39 is 6.04 Å². The zero-order chi connectivity index (χ0) is 29.5. The smallest absolute Gasteiger partial charge is 0.282 e. The Labute approximate surface area is 246 Å². The lowest BCUT2D eigenvalue weighted by Crippen LogP contribution is -2.29. The summed E-state index contributed by atoms with van der Waals surface area (Å²) < 4.78 is 10.7. The van der Waals surface area contributed by atoms with E-state index in [1.807, 2.05) is 104 Å². The fourth-order valence-electron chi connectivity index (χ4n) is 5.48. The summed E-state index contributed by atoms with van der Waals surface area (Å²) in [6.07, 6.45) is 7.15. The van der Waals surface area contributed by atoms with Gasteiger partial charge in [0.15, 0.2) is 5.82 Å². The van der Waals surface area contributed by atoms with Crippen LogP contribution in [0.3, 0.4) is 0 Å². The monoisotopic (exact) mass is 571 g/mol. The SMILES string of the molecule is COc1ccccc1Cn1ccc(-c2c[nH]c3ncnc(NC(C)c4nn5ccc(C)c5c(=O)n4-c4ccccc4)c23)n1. The number of ether oxygens (including phenoxy) is 1. The summed E-state index contributed by atoms with van der Waals surface area (Å²) in [5.41, 5.74) is 5.35. The Balaban J connectivity index is 1.27. The van der Waals surface area contributed by atoms with Gasteiger partial charge in [-0.05, 0) is 49.7 Å². The number of aryl methyl sites for hydroxylation is 1. The summed E-state index contributed by atoms with van der Waals surface area (Å²) in [5, 5.41) is 14.0. The first-order valence-electron chi connectivity index (χ1n) is 13.9. The lowest BCUT2D eigenvalue weighted by Gasteiger charge is -2.20. The third kappa shape index (κ3) is 4.60. The number of nitrogens with zero attached hydrogens (tertiary/aromatic N) is 7. The normalized spacial score (nSPS) is 12.2. The van der Waals surface area contributed by atoms with Gasteiger partial charge in [0.1, 0.15) is 29.1 Å². The summed E-state index contributed by atoms with van der Waals surface area (Å²) >= 11 is 0. The van der Waals surface area contributed by atoms with E-state index in [1.54, 1.807) is 16.2 Å². The highest BCUT2D eigenvalue weighted by molar-refractivity contribution is 6.00. The minimum Gasteiger partial charge on any atom is -0.496 e. The van der Waals surface area contributed by atoms with Gasteiger partial charge in [-0.1, -0.05) is 36.4 Å². The summed E-state index contributed by atoms with van der Waals surface area (Å²) in [6, 6.07) is 20.9. The van der Waals surface area contributed by atoms with Crippen LogP contribution < -0.4 is 15.6 Å². The van der Waals surface area contributed by atoms with Crippen LogP contribution in [0.25, 0.3) is 33.5 Å². The summed E-state index contributed by atoms with van der Waals surface area (Å²) in [5.74, 6) is 1.96. The Hall–Kier alpha value is -5.71. The Morgan fingerprint density at radius 1 is 0.977 bits per heavy atom. The molecule has 0 aliphatic carbocycles. The van der Waals surface area contributed by atoms with Crippen molar-refractivity contribution in [3.8, 4) is 22.7 Å². The topological polar surface area (TPSA) is 120 Å². The summed E-state index contributed by atoms with van der Waals surface area (Å²) in [4.78, 5) is 26.1. The van der Waals surface area contributed by atoms with Crippen LogP contribution >= 0.6 is 0 Å². The Bertz CT molecular complexity index is 2140. The van der Waals surface area contributed by atoms with E-state index in [9.17, 15) is 4.79 Å². The van der Waals surface area contributed by atoms with Crippen LogP contribution in [0.1, 0.15) is 29.9 Å². The molecular formula is C32H29N9O2. The minimum atomic E-state index is -0.399. The van der Waals surface area contributed by atoms with Gasteiger partial charge in [-0.15, -0.1) is 0 Å². The van der Waals surface area contributed by atoms with Gasteiger partial charge < -0.3 is 15.0 Å². The van der Waals surface area contributed by atoms with Crippen molar-refractivity contribution in [3.63, 3.8) is 0 Å². The second kappa shape index (κ2) is 10.6. The van der Waals surface area contributed by atoms with Crippen molar-refractivity contribution in [1.29, 1.82) is 0 Å². The molecule has 0 bridgehead atoms. The van der Waals surface area contributed by atoms with Gasteiger partial charge in [0.05, 0.1) is 36.5 Å². The van der Waals surface area contributed by atoms with E-state index >= 15 is 0 Å². The predicted octanol–water partition coefficient (Wildman–Crippen LogP) is 5.16. The molecule has 2 N–H and O–H groups in total. The van der Waals surface area contributed by atoms with Crippen LogP contribution in [-0.4, -0.2) is 46.0 Å². The second-order valence-corrected chi connectivity index (χ2v) is 10.4. The van der Waals surface area contributed by atoms with Gasteiger partial charge in [0.2, 0.25) is 0 Å². The third-order valence-electron chi connectivity index (χ3n) is 7.58. The number of para-hydroxylation sites is 2. The van der Waals surface area contributed by atoms with E-state index in [0.29, 0.717) is 29.4 Å². The molecule has 11 nitrogen and oxygen atoms in total. The molecule has 0 saturated carbocycles. The van der Waals surface area contributed by atoms with Crippen LogP contribution in [0.4, 0.5) is 5.82 Å². The van der Waals surface area contributed by atoms with Gasteiger partial charge in [-0.25, -0.2) is 14.5 Å². The van der Waals surface area contributed by atoms with E-state index in [4.69, 9.17) is 14.9 Å². The predicted molar refractivity (Wildman–Crippen MR) is 165 cm³/mol. The molecule has 0 spiro atoms. The molecule has 0 saturated heterocycles. The Morgan fingerprint density at radius 3 is 2.63 bits per heavy atom. The highest BCUT2D eigenvalue weighted by Crippen LogP contribution is 2.33. The van der Waals surface area contributed by atoms with Crippen molar-refractivity contribution >= 4 is 22.4 Å². The second-order valence-electron chi connectivity index (χ2n) is 10.4. The van der Waals surface area contributed by atoms with Crippen LogP contribution in [0.5, 0.6) is 5.75 Å². The minimum absolute atomic E-state index is 0.136. The van der Waals surface area contributed by atoms with Crippen molar-refractivity contribution in [2.45, 2.75) is 26.4 Å². The molecule has 0 fully saturated rings. The molecule has 1 atom stereocenters. The van der Waals surface area contributed by atoms with Crippen LogP contribution in [0.2, 0.25) is 0 Å². The first kappa shape index (κ1) is 26.2. The van der Waals surface area contributed by atoms with E-state index in [0.717, 1.165) is 39.2 Å². The number of aromatic amines is 1. The largest absolute Gasteiger partial charge is 0.496 e. The first-order chi connectivity index (χ1) is 21.0. The fraction of sp³-hybridized carbons (Fsp3) is 0.156. The maximum atomic E-state index is 13.8. The molecule has 0 radical (unpaired) electrons. The zero-order valence-corrected chi connectivity index (χ0v) is 23.9. The molecule has 0 amide bonds. The Kier molecular flexibility index (Phi) is 6.46. The van der Waals surface area contributed by atoms with Crippen molar-refractivity contribution in [3.05, 3.63) is 119 Å². The average Bonchev–Trinajstić information content (AvgIpc) is 3.77. The molecule has 7 aromatic rings. The van der Waals surface area contributed by atoms with Gasteiger partial charge in [0.25, 0.3) is 5.56 Å². The molecule has 5 heterocycles. The van der Waals surface area contributed by atoms with Crippen molar-refractivity contribution in [2.24, 2.45) is 0 Å². The molecular weight excluding hydrogens is 542 g/mol. The summed E-state index contributed by atoms with van der Waals surface area (Å²) in [7, 11) is 1.67. The van der Waals surface area contributed by atoms with Gasteiger partial charge >= 0.3 is 0 Å². The maximum Gasteiger partial charge on any atom is 0.282 e. The highest BCUT2D eigenvalue weighted by atomic mass is 16.5. The zero-order valence-electron chi connectivity index (χ0n) is 23.9. The number of H-pyrrole nitrogens is 1. The quantitative estimate of drug-likeness (QED) is 0.259. The highest BCUT2D eigenvalue weighted by Gasteiger charge is 2.22. The van der Waals surface area contributed by atoms with Gasteiger partial charge in [-0.3, -0.25) is 14.0 Å². The average molecular weight is 572 g/mol. The molecule has 0 aliphatic heterocycles. The molecule has 7 rings (SSSR count). The molecule has 1 unspecified atom stereocenters.